The van der Waals surface area contributed by atoms with Gasteiger partial charge in [-0.25, -0.2) is 0 Å². The second-order valence-electron chi connectivity index (χ2n) is 6.83. The average Bonchev–Trinajstić information content (AvgIpc) is 2.70. The number of rotatable bonds is 4. The molecule has 1 saturated heterocycles. The van der Waals surface area contributed by atoms with Gasteiger partial charge in [-0.15, -0.1) is 0 Å². The van der Waals surface area contributed by atoms with Crippen LogP contribution in [0.3, 0.4) is 0 Å². The van der Waals surface area contributed by atoms with Gasteiger partial charge in [0.25, 0.3) is 0 Å². The van der Waals surface area contributed by atoms with Crippen LogP contribution in [-0.2, 0) is 9.59 Å². The highest BCUT2D eigenvalue weighted by Crippen LogP contribution is 2.46. The predicted molar refractivity (Wildman–Crippen MR) is 78.9 cm³/mol. The Morgan fingerprint density at radius 2 is 1.95 bits per heavy atom. The third-order valence-corrected chi connectivity index (χ3v) is 5.67. The molecule has 1 aliphatic carbocycles. The third-order valence-electron chi connectivity index (χ3n) is 5.67. The fourth-order valence-electron chi connectivity index (χ4n) is 4.19. The summed E-state index contributed by atoms with van der Waals surface area (Å²) in [6.07, 6.45) is 5.81. The third kappa shape index (κ3) is 2.18. The van der Waals surface area contributed by atoms with E-state index in [2.05, 4.69) is 6.92 Å². The predicted octanol–water partition coefficient (Wildman–Crippen LogP) is 2.46. The molecular formula is C16H28N2O2. The van der Waals surface area contributed by atoms with Crippen molar-refractivity contribution in [2.45, 2.75) is 71.3 Å². The van der Waals surface area contributed by atoms with Crippen molar-refractivity contribution in [1.29, 1.82) is 0 Å². The molecule has 4 nitrogen and oxygen atoms in total. The van der Waals surface area contributed by atoms with Gasteiger partial charge in [-0.1, -0.05) is 33.6 Å². The summed E-state index contributed by atoms with van der Waals surface area (Å²) in [4.78, 5) is 27.0. The lowest BCUT2D eigenvalue weighted by Gasteiger charge is -2.45. The molecular weight excluding hydrogens is 252 g/mol. The Labute approximate surface area is 122 Å². The maximum absolute atomic E-state index is 12.9. The molecule has 0 spiro atoms. The van der Waals surface area contributed by atoms with E-state index in [1.54, 1.807) is 4.90 Å². The van der Waals surface area contributed by atoms with E-state index in [1.165, 1.54) is 6.42 Å². The van der Waals surface area contributed by atoms with Gasteiger partial charge in [-0.3, -0.25) is 14.5 Å². The Balaban J connectivity index is 2.35. The zero-order chi connectivity index (χ0) is 15.0. The first-order valence-electron chi connectivity index (χ1n) is 8.02. The minimum atomic E-state index is -0.472. The first kappa shape index (κ1) is 15.5. The van der Waals surface area contributed by atoms with E-state index in [0.29, 0.717) is 18.9 Å². The monoisotopic (exact) mass is 280 g/mol. The van der Waals surface area contributed by atoms with Crippen LogP contribution >= 0.6 is 0 Å². The maximum Gasteiger partial charge on any atom is 0.236 e. The Morgan fingerprint density at radius 1 is 1.30 bits per heavy atom. The Kier molecular flexibility index (Phi) is 4.24. The molecule has 2 rings (SSSR count). The van der Waals surface area contributed by atoms with Crippen LogP contribution in [-0.4, -0.2) is 28.8 Å². The van der Waals surface area contributed by atoms with Gasteiger partial charge in [0.15, 0.2) is 0 Å². The van der Waals surface area contributed by atoms with Crippen LogP contribution in [0.4, 0.5) is 0 Å². The molecule has 0 aromatic heterocycles. The van der Waals surface area contributed by atoms with Gasteiger partial charge in [0.1, 0.15) is 0 Å². The van der Waals surface area contributed by atoms with E-state index in [0.717, 1.165) is 32.1 Å². The molecule has 1 saturated carbocycles. The standard InChI is InChI=1S/C16H28N2O2/c1-4-15(5-2)10-13(19)18(14(15)20)16(11-17)8-6-7-12(3)9-16/h12H,4-11,17H2,1-3H3. The highest BCUT2D eigenvalue weighted by Gasteiger charge is 2.56. The molecule has 0 aromatic rings. The van der Waals surface area contributed by atoms with Crippen LogP contribution in [0, 0.1) is 11.3 Å². The number of likely N-dealkylation sites (tertiary alicyclic amines) is 1. The van der Waals surface area contributed by atoms with Crippen LogP contribution in [0.2, 0.25) is 0 Å². The van der Waals surface area contributed by atoms with Gasteiger partial charge in [-0.05, 0) is 31.6 Å². The minimum absolute atomic E-state index is 0.00162. The summed E-state index contributed by atoms with van der Waals surface area (Å²) >= 11 is 0. The molecule has 0 aromatic carbocycles. The van der Waals surface area contributed by atoms with Crippen LogP contribution < -0.4 is 5.73 Å². The lowest BCUT2D eigenvalue weighted by Crippen LogP contribution is -2.59. The van der Waals surface area contributed by atoms with Gasteiger partial charge >= 0.3 is 0 Å². The summed E-state index contributed by atoms with van der Waals surface area (Å²) in [5, 5.41) is 0. The van der Waals surface area contributed by atoms with Crippen LogP contribution in [0.25, 0.3) is 0 Å². The van der Waals surface area contributed by atoms with Crippen molar-refractivity contribution >= 4 is 11.8 Å². The molecule has 2 N–H and O–H groups in total. The maximum atomic E-state index is 12.9. The highest BCUT2D eigenvalue weighted by atomic mass is 16.2. The van der Waals surface area contributed by atoms with Crippen molar-refractivity contribution in [2.75, 3.05) is 6.54 Å². The zero-order valence-electron chi connectivity index (χ0n) is 13.1. The van der Waals surface area contributed by atoms with E-state index < -0.39 is 11.0 Å². The fourth-order valence-corrected chi connectivity index (χ4v) is 4.19. The normalized spacial score (nSPS) is 33.8. The molecule has 2 amide bonds. The van der Waals surface area contributed by atoms with E-state index in [1.807, 2.05) is 13.8 Å². The fraction of sp³-hybridized carbons (Fsp3) is 0.875. The zero-order valence-corrected chi connectivity index (χ0v) is 13.1. The summed E-state index contributed by atoms with van der Waals surface area (Å²) < 4.78 is 0. The summed E-state index contributed by atoms with van der Waals surface area (Å²) in [7, 11) is 0. The summed E-state index contributed by atoms with van der Waals surface area (Å²) in [6, 6.07) is 0. The lowest BCUT2D eigenvalue weighted by atomic mass is 9.74. The second kappa shape index (κ2) is 5.47. The van der Waals surface area contributed by atoms with Crippen LogP contribution in [0.15, 0.2) is 0 Å². The Morgan fingerprint density at radius 3 is 2.40 bits per heavy atom. The number of hydrogen-bond acceptors (Lipinski definition) is 3. The van der Waals surface area contributed by atoms with Crippen molar-refractivity contribution in [3.8, 4) is 0 Å². The number of hydrogen-bond donors (Lipinski definition) is 1. The topological polar surface area (TPSA) is 63.4 Å². The Hall–Kier alpha value is -0.900. The first-order chi connectivity index (χ1) is 9.44. The van der Waals surface area contributed by atoms with Gasteiger partial charge in [-0.2, -0.15) is 0 Å². The van der Waals surface area contributed by atoms with Crippen molar-refractivity contribution in [2.24, 2.45) is 17.1 Å². The molecule has 2 aliphatic rings. The first-order valence-corrected chi connectivity index (χ1v) is 8.02. The number of amides is 2. The molecule has 2 fully saturated rings. The van der Waals surface area contributed by atoms with E-state index in [4.69, 9.17) is 5.73 Å². The van der Waals surface area contributed by atoms with Gasteiger partial charge < -0.3 is 5.73 Å². The number of carbonyl (C=O) groups excluding carboxylic acids is 2. The summed E-state index contributed by atoms with van der Waals surface area (Å²) in [5.41, 5.74) is 5.14. The Bertz CT molecular complexity index is 403. The van der Waals surface area contributed by atoms with Gasteiger partial charge in [0.2, 0.25) is 11.8 Å². The average molecular weight is 280 g/mol. The molecule has 0 radical (unpaired) electrons. The van der Waals surface area contributed by atoms with Crippen LogP contribution in [0.1, 0.15) is 65.7 Å². The van der Waals surface area contributed by atoms with Gasteiger partial charge in [0.05, 0.1) is 11.0 Å². The van der Waals surface area contributed by atoms with Crippen molar-refractivity contribution in [3.63, 3.8) is 0 Å². The van der Waals surface area contributed by atoms with Crippen molar-refractivity contribution in [1.82, 2.24) is 4.90 Å². The van der Waals surface area contributed by atoms with E-state index in [-0.39, 0.29) is 11.8 Å². The molecule has 20 heavy (non-hydrogen) atoms. The summed E-state index contributed by atoms with van der Waals surface area (Å²) in [6.45, 7) is 6.62. The van der Waals surface area contributed by atoms with Crippen molar-refractivity contribution < 1.29 is 9.59 Å². The number of carbonyl (C=O) groups is 2. The molecule has 114 valence electrons. The summed E-state index contributed by atoms with van der Waals surface area (Å²) in [5.74, 6) is 0.566. The number of nitrogens with zero attached hydrogens (tertiary/aromatic N) is 1. The highest BCUT2D eigenvalue weighted by molar-refractivity contribution is 6.06. The lowest BCUT2D eigenvalue weighted by molar-refractivity contribution is -0.150. The van der Waals surface area contributed by atoms with Crippen LogP contribution in [0.5, 0.6) is 0 Å². The molecule has 1 heterocycles. The SMILES string of the molecule is CCC1(CC)CC(=O)N(C2(CN)CCCC(C)C2)C1=O. The van der Waals surface area contributed by atoms with E-state index >= 15 is 0 Å². The minimum Gasteiger partial charge on any atom is -0.328 e. The number of imide groups is 1. The number of nitrogens with two attached hydrogens (primary N) is 1. The molecule has 1 aliphatic heterocycles. The van der Waals surface area contributed by atoms with Crippen molar-refractivity contribution in [3.05, 3.63) is 0 Å². The largest absolute Gasteiger partial charge is 0.328 e. The molecule has 2 atom stereocenters. The van der Waals surface area contributed by atoms with Gasteiger partial charge in [0, 0.05) is 13.0 Å². The molecule has 2 unspecified atom stereocenters. The second-order valence-corrected chi connectivity index (χ2v) is 6.83. The smallest absolute Gasteiger partial charge is 0.236 e. The molecule has 4 heteroatoms. The molecule has 0 bridgehead atoms. The van der Waals surface area contributed by atoms with E-state index in [9.17, 15) is 9.59 Å². The quantitative estimate of drug-likeness (QED) is 0.805.